The highest BCUT2D eigenvalue weighted by atomic mass is 32.1. The van der Waals surface area contributed by atoms with Crippen LogP contribution in [0.5, 0.6) is 0 Å². The highest BCUT2D eigenvalue weighted by molar-refractivity contribution is 7.13. The van der Waals surface area contributed by atoms with Crippen molar-refractivity contribution in [3.05, 3.63) is 29.7 Å². The molecule has 0 amide bonds. The Balaban J connectivity index is 2.23. The van der Waals surface area contributed by atoms with E-state index >= 15 is 0 Å². The van der Waals surface area contributed by atoms with Gasteiger partial charge in [-0.3, -0.25) is 0 Å². The van der Waals surface area contributed by atoms with Crippen LogP contribution in [0.4, 0.5) is 0 Å². The Hall–Kier alpha value is -1.13. The fraction of sp³-hybridized carbons (Fsp3) is 0.222. The van der Waals surface area contributed by atoms with Crippen LogP contribution >= 0.6 is 11.3 Å². The summed E-state index contributed by atoms with van der Waals surface area (Å²) >= 11 is 1.64. The summed E-state index contributed by atoms with van der Waals surface area (Å²) in [5.74, 6) is 0. The molecule has 0 unspecified atom stereocenters. The molecule has 2 heterocycles. The Morgan fingerprint density at radius 1 is 1.62 bits per heavy atom. The van der Waals surface area contributed by atoms with Crippen LogP contribution in [-0.4, -0.2) is 12.0 Å². The number of rotatable bonds is 3. The molecular formula is C9H10N2OS. The van der Waals surface area contributed by atoms with Gasteiger partial charge in [0, 0.05) is 17.5 Å². The van der Waals surface area contributed by atoms with Crippen LogP contribution in [0.15, 0.2) is 28.4 Å². The summed E-state index contributed by atoms with van der Waals surface area (Å²) in [6.45, 7) is 0.814. The number of hydrogen-bond acceptors (Lipinski definition) is 4. The summed E-state index contributed by atoms with van der Waals surface area (Å²) < 4.78 is 4.99. The predicted molar refractivity (Wildman–Crippen MR) is 52.6 cm³/mol. The third kappa shape index (κ3) is 1.79. The predicted octanol–water partition coefficient (Wildman–Crippen LogP) is 2.12. The zero-order valence-corrected chi connectivity index (χ0v) is 8.10. The van der Waals surface area contributed by atoms with Crippen LogP contribution in [-0.2, 0) is 6.54 Å². The molecule has 0 aliphatic carbocycles. The first kappa shape index (κ1) is 8.47. The first-order valence-corrected chi connectivity index (χ1v) is 4.89. The molecular weight excluding hydrogens is 184 g/mol. The zero-order chi connectivity index (χ0) is 9.10. The third-order valence-electron chi connectivity index (χ3n) is 1.68. The van der Waals surface area contributed by atoms with E-state index in [0.29, 0.717) is 0 Å². The summed E-state index contributed by atoms with van der Waals surface area (Å²) in [4.78, 5) is 4.44. The summed E-state index contributed by atoms with van der Waals surface area (Å²) in [6, 6.07) is 1.92. The molecule has 4 heteroatoms. The number of furan rings is 1. The topological polar surface area (TPSA) is 38.1 Å². The molecule has 3 nitrogen and oxygen atoms in total. The average molecular weight is 194 g/mol. The summed E-state index contributed by atoms with van der Waals surface area (Å²) in [5.41, 5.74) is 2.12. The molecule has 0 radical (unpaired) electrons. The van der Waals surface area contributed by atoms with Crippen molar-refractivity contribution in [2.24, 2.45) is 0 Å². The lowest BCUT2D eigenvalue weighted by atomic mass is 10.3. The van der Waals surface area contributed by atoms with Gasteiger partial charge >= 0.3 is 0 Å². The quantitative estimate of drug-likeness (QED) is 0.813. The normalized spacial score (nSPS) is 10.5. The Kier molecular flexibility index (Phi) is 2.42. The lowest BCUT2D eigenvalue weighted by Gasteiger charge is -1.90. The largest absolute Gasteiger partial charge is 0.472 e. The van der Waals surface area contributed by atoms with Crippen LogP contribution < -0.4 is 5.32 Å². The van der Waals surface area contributed by atoms with Gasteiger partial charge in [0.2, 0.25) is 0 Å². The van der Waals surface area contributed by atoms with E-state index in [1.54, 1.807) is 23.9 Å². The van der Waals surface area contributed by atoms with E-state index in [4.69, 9.17) is 4.42 Å². The lowest BCUT2D eigenvalue weighted by Crippen LogP contribution is -2.04. The van der Waals surface area contributed by atoms with E-state index in [1.165, 1.54) is 0 Å². The fourth-order valence-corrected chi connectivity index (χ4v) is 1.89. The maximum absolute atomic E-state index is 4.99. The van der Waals surface area contributed by atoms with Crippen molar-refractivity contribution >= 4 is 11.3 Å². The van der Waals surface area contributed by atoms with E-state index in [2.05, 4.69) is 15.7 Å². The molecule has 2 aromatic rings. The maximum Gasteiger partial charge on any atom is 0.126 e. The van der Waals surface area contributed by atoms with Crippen molar-refractivity contribution in [3.63, 3.8) is 0 Å². The minimum absolute atomic E-state index is 0.814. The molecule has 0 saturated heterocycles. The molecule has 0 aliphatic rings. The standard InChI is InChI=1S/C9H10N2OS/c1-10-4-8-6-13-9(11-8)7-2-3-12-5-7/h2-3,5-6,10H,4H2,1H3. The van der Waals surface area contributed by atoms with Gasteiger partial charge in [-0.25, -0.2) is 4.98 Å². The number of thiazole rings is 1. The summed E-state index contributed by atoms with van der Waals surface area (Å²) in [5, 5.41) is 6.13. The molecule has 0 aromatic carbocycles. The van der Waals surface area contributed by atoms with Crippen LogP contribution in [0.1, 0.15) is 5.69 Å². The van der Waals surface area contributed by atoms with E-state index in [-0.39, 0.29) is 0 Å². The molecule has 0 aliphatic heterocycles. The molecule has 0 bridgehead atoms. The Labute approximate surface area is 80.4 Å². The minimum Gasteiger partial charge on any atom is -0.472 e. The molecule has 1 N–H and O–H groups in total. The second-order valence-corrected chi connectivity index (χ2v) is 3.54. The van der Waals surface area contributed by atoms with Crippen LogP contribution in [0, 0.1) is 0 Å². The van der Waals surface area contributed by atoms with Crippen molar-refractivity contribution < 1.29 is 4.42 Å². The van der Waals surface area contributed by atoms with Gasteiger partial charge in [-0.05, 0) is 13.1 Å². The van der Waals surface area contributed by atoms with Gasteiger partial charge in [0.1, 0.15) is 11.3 Å². The van der Waals surface area contributed by atoms with E-state index in [1.807, 2.05) is 13.1 Å². The van der Waals surface area contributed by atoms with Crippen molar-refractivity contribution in [1.29, 1.82) is 0 Å². The molecule has 0 saturated carbocycles. The smallest absolute Gasteiger partial charge is 0.126 e. The zero-order valence-electron chi connectivity index (χ0n) is 7.28. The average Bonchev–Trinajstić information content (AvgIpc) is 2.70. The van der Waals surface area contributed by atoms with Crippen LogP contribution in [0.3, 0.4) is 0 Å². The van der Waals surface area contributed by atoms with E-state index < -0.39 is 0 Å². The Morgan fingerprint density at radius 2 is 2.54 bits per heavy atom. The van der Waals surface area contributed by atoms with E-state index in [0.717, 1.165) is 22.8 Å². The van der Waals surface area contributed by atoms with Crippen molar-refractivity contribution in [3.8, 4) is 10.6 Å². The second-order valence-electron chi connectivity index (χ2n) is 2.69. The first-order valence-electron chi connectivity index (χ1n) is 4.01. The number of hydrogen-bond donors (Lipinski definition) is 1. The van der Waals surface area contributed by atoms with Gasteiger partial charge in [-0.1, -0.05) is 0 Å². The molecule has 0 spiro atoms. The minimum atomic E-state index is 0.814. The lowest BCUT2D eigenvalue weighted by molar-refractivity contribution is 0.568. The van der Waals surface area contributed by atoms with E-state index in [9.17, 15) is 0 Å². The third-order valence-corrected chi connectivity index (χ3v) is 2.62. The Bertz CT molecular complexity index is 367. The number of nitrogens with zero attached hydrogens (tertiary/aromatic N) is 1. The van der Waals surface area contributed by atoms with Gasteiger partial charge in [0.05, 0.1) is 12.0 Å². The highest BCUT2D eigenvalue weighted by Gasteiger charge is 2.04. The summed E-state index contributed by atoms with van der Waals surface area (Å²) in [7, 11) is 1.91. The van der Waals surface area contributed by atoms with Gasteiger partial charge in [0.15, 0.2) is 0 Å². The molecule has 0 fully saturated rings. The molecule has 13 heavy (non-hydrogen) atoms. The summed E-state index contributed by atoms with van der Waals surface area (Å²) in [6.07, 6.45) is 3.37. The Morgan fingerprint density at radius 3 is 3.23 bits per heavy atom. The van der Waals surface area contributed by atoms with Gasteiger partial charge in [-0.15, -0.1) is 11.3 Å². The molecule has 0 atom stereocenters. The van der Waals surface area contributed by atoms with Crippen molar-refractivity contribution in [2.45, 2.75) is 6.54 Å². The fourth-order valence-electron chi connectivity index (χ4n) is 1.09. The van der Waals surface area contributed by atoms with Gasteiger partial charge < -0.3 is 9.73 Å². The highest BCUT2D eigenvalue weighted by Crippen LogP contribution is 2.23. The first-order chi connectivity index (χ1) is 6.40. The molecule has 2 rings (SSSR count). The van der Waals surface area contributed by atoms with Gasteiger partial charge in [-0.2, -0.15) is 0 Å². The maximum atomic E-state index is 4.99. The SMILES string of the molecule is CNCc1csc(-c2ccoc2)n1. The monoisotopic (exact) mass is 194 g/mol. The van der Waals surface area contributed by atoms with Crippen LogP contribution in [0.2, 0.25) is 0 Å². The second kappa shape index (κ2) is 3.72. The molecule has 68 valence electrons. The van der Waals surface area contributed by atoms with Crippen molar-refractivity contribution in [2.75, 3.05) is 7.05 Å². The van der Waals surface area contributed by atoms with Crippen molar-refractivity contribution in [1.82, 2.24) is 10.3 Å². The van der Waals surface area contributed by atoms with Crippen LogP contribution in [0.25, 0.3) is 10.6 Å². The number of aromatic nitrogens is 1. The number of nitrogens with one attached hydrogen (secondary N) is 1. The van der Waals surface area contributed by atoms with Gasteiger partial charge in [0.25, 0.3) is 0 Å². The molecule has 2 aromatic heterocycles.